The molecule has 0 bridgehead atoms. The lowest BCUT2D eigenvalue weighted by Crippen LogP contribution is -2.02. The van der Waals surface area contributed by atoms with Gasteiger partial charge < -0.3 is 9.84 Å². The predicted octanol–water partition coefficient (Wildman–Crippen LogP) is 3.84. The minimum Gasteiger partial charge on any atom is -0.487 e. The van der Waals surface area contributed by atoms with Crippen LogP contribution in [0.25, 0.3) is 0 Å². The first kappa shape index (κ1) is 14.5. The molecule has 3 nitrogen and oxygen atoms in total. The van der Waals surface area contributed by atoms with E-state index in [0.29, 0.717) is 12.5 Å². The molecule has 0 saturated carbocycles. The molecule has 0 aliphatic carbocycles. The van der Waals surface area contributed by atoms with Crippen LogP contribution in [0.5, 0.6) is 5.75 Å². The number of pyridine rings is 1. The molecule has 1 unspecified atom stereocenters. The number of rotatable bonds is 5. The fourth-order valence-electron chi connectivity index (χ4n) is 1.92. The first-order valence-corrected chi connectivity index (χ1v) is 6.93. The van der Waals surface area contributed by atoms with Crippen LogP contribution in [0.4, 0.5) is 0 Å². The monoisotopic (exact) mass is 271 g/mol. The van der Waals surface area contributed by atoms with Gasteiger partial charge in [-0.05, 0) is 42.7 Å². The van der Waals surface area contributed by atoms with Gasteiger partial charge in [-0.2, -0.15) is 0 Å². The van der Waals surface area contributed by atoms with Gasteiger partial charge in [0.1, 0.15) is 12.4 Å². The van der Waals surface area contributed by atoms with Gasteiger partial charge in [0, 0.05) is 5.69 Å². The average molecular weight is 271 g/mol. The van der Waals surface area contributed by atoms with E-state index in [1.54, 1.807) is 6.92 Å². The summed E-state index contributed by atoms with van der Waals surface area (Å²) in [5, 5.41) is 9.56. The highest BCUT2D eigenvalue weighted by Gasteiger charge is 2.05. The van der Waals surface area contributed by atoms with Gasteiger partial charge in [0.25, 0.3) is 0 Å². The number of hydrogen-bond acceptors (Lipinski definition) is 3. The van der Waals surface area contributed by atoms with Crippen molar-refractivity contribution in [2.45, 2.75) is 39.4 Å². The van der Waals surface area contributed by atoms with E-state index in [1.807, 2.05) is 42.5 Å². The average Bonchev–Trinajstić information content (AvgIpc) is 2.45. The van der Waals surface area contributed by atoms with Crippen molar-refractivity contribution in [3.05, 3.63) is 59.4 Å². The fraction of sp³-hybridized carbons (Fsp3) is 0.353. The van der Waals surface area contributed by atoms with E-state index in [-0.39, 0.29) is 0 Å². The van der Waals surface area contributed by atoms with Crippen LogP contribution in [-0.4, -0.2) is 10.1 Å². The van der Waals surface area contributed by atoms with Crippen LogP contribution in [0.2, 0.25) is 0 Å². The first-order valence-electron chi connectivity index (χ1n) is 6.93. The highest BCUT2D eigenvalue weighted by atomic mass is 16.5. The highest BCUT2D eigenvalue weighted by Crippen LogP contribution is 2.20. The van der Waals surface area contributed by atoms with E-state index in [2.05, 4.69) is 18.8 Å². The lowest BCUT2D eigenvalue weighted by Gasteiger charge is -2.10. The van der Waals surface area contributed by atoms with Gasteiger partial charge >= 0.3 is 0 Å². The molecule has 0 radical (unpaired) electrons. The third kappa shape index (κ3) is 3.81. The molecule has 3 heteroatoms. The largest absolute Gasteiger partial charge is 0.487 e. The Morgan fingerprint density at radius 2 is 1.85 bits per heavy atom. The molecule has 0 aliphatic heterocycles. The summed E-state index contributed by atoms with van der Waals surface area (Å²) in [6.45, 7) is 6.43. The number of aliphatic hydroxyl groups is 1. The van der Waals surface area contributed by atoms with Crippen molar-refractivity contribution in [2.75, 3.05) is 0 Å². The zero-order valence-corrected chi connectivity index (χ0v) is 12.2. The highest BCUT2D eigenvalue weighted by molar-refractivity contribution is 5.29. The third-order valence-electron chi connectivity index (χ3n) is 3.15. The molecule has 1 aromatic heterocycles. The topological polar surface area (TPSA) is 42.4 Å². The maximum Gasteiger partial charge on any atom is 0.130 e. The van der Waals surface area contributed by atoms with Gasteiger partial charge in [0.05, 0.1) is 11.8 Å². The third-order valence-corrected chi connectivity index (χ3v) is 3.15. The Labute approximate surface area is 120 Å². The van der Waals surface area contributed by atoms with Crippen molar-refractivity contribution >= 4 is 0 Å². The second-order valence-corrected chi connectivity index (χ2v) is 5.25. The molecule has 1 atom stereocenters. The number of nitrogens with zero attached hydrogens (tertiary/aromatic N) is 1. The summed E-state index contributed by atoms with van der Waals surface area (Å²) in [6.07, 6.45) is -0.485. The summed E-state index contributed by atoms with van der Waals surface area (Å²) < 4.78 is 5.74. The number of aromatic nitrogens is 1. The first-order chi connectivity index (χ1) is 9.56. The molecule has 0 amide bonds. The van der Waals surface area contributed by atoms with Crippen LogP contribution >= 0.6 is 0 Å². The van der Waals surface area contributed by atoms with E-state index >= 15 is 0 Å². The Kier molecular flexibility index (Phi) is 4.74. The Hall–Kier alpha value is -1.87. The van der Waals surface area contributed by atoms with Crippen LogP contribution in [0.1, 0.15) is 49.7 Å². The lowest BCUT2D eigenvalue weighted by molar-refractivity contribution is 0.198. The van der Waals surface area contributed by atoms with E-state index < -0.39 is 6.10 Å². The van der Waals surface area contributed by atoms with Crippen LogP contribution in [0.3, 0.4) is 0 Å². The minimum atomic E-state index is -0.485. The summed E-state index contributed by atoms with van der Waals surface area (Å²) in [5.41, 5.74) is 2.84. The van der Waals surface area contributed by atoms with Crippen molar-refractivity contribution in [3.8, 4) is 5.75 Å². The Bertz CT molecular complexity index is 513. The second-order valence-electron chi connectivity index (χ2n) is 5.25. The maximum atomic E-state index is 9.56. The molecule has 2 aromatic rings. The molecule has 20 heavy (non-hydrogen) atoms. The van der Waals surface area contributed by atoms with E-state index in [0.717, 1.165) is 22.7 Å². The van der Waals surface area contributed by atoms with Gasteiger partial charge in [-0.1, -0.05) is 32.0 Å². The quantitative estimate of drug-likeness (QED) is 0.898. The molecule has 0 spiro atoms. The van der Waals surface area contributed by atoms with Gasteiger partial charge in [0.15, 0.2) is 0 Å². The summed E-state index contributed by atoms with van der Waals surface area (Å²) in [6, 6.07) is 13.5. The summed E-state index contributed by atoms with van der Waals surface area (Å²) in [7, 11) is 0. The minimum absolute atomic E-state index is 0.411. The Morgan fingerprint density at radius 3 is 2.55 bits per heavy atom. The maximum absolute atomic E-state index is 9.56. The zero-order chi connectivity index (χ0) is 14.5. The molecule has 1 aromatic carbocycles. The number of aliphatic hydroxyl groups excluding tert-OH is 1. The number of hydrogen-bond donors (Lipinski definition) is 1. The van der Waals surface area contributed by atoms with Crippen LogP contribution in [-0.2, 0) is 6.61 Å². The summed E-state index contributed by atoms with van der Waals surface area (Å²) in [4.78, 5) is 4.57. The molecule has 1 heterocycles. The second kappa shape index (κ2) is 6.53. The predicted molar refractivity (Wildman–Crippen MR) is 79.7 cm³/mol. The van der Waals surface area contributed by atoms with E-state index in [9.17, 15) is 5.11 Å². The molecule has 1 N–H and O–H groups in total. The van der Waals surface area contributed by atoms with E-state index in [4.69, 9.17) is 4.74 Å². The fourth-order valence-corrected chi connectivity index (χ4v) is 1.92. The van der Waals surface area contributed by atoms with Crippen molar-refractivity contribution in [3.63, 3.8) is 0 Å². The van der Waals surface area contributed by atoms with Crippen LogP contribution < -0.4 is 4.74 Å². The standard InChI is InChI=1S/C17H21NO2/c1-12(2)17-9-5-7-15(18-17)11-20-16-8-4-6-14(10-16)13(3)19/h4-10,12-13,19H,11H2,1-3H3. The van der Waals surface area contributed by atoms with Gasteiger partial charge in [-0.3, -0.25) is 4.98 Å². The SMILES string of the molecule is CC(C)c1cccc(COc2cccc(C(C)O)c2)n1. The van der Waals surface area contributed by atoms with Crippen molar-refractivity contribution in [1.29, 1.82) is 0 Å². The van der Waals surface area contributed by atoms with E-state index in [1.165, 1.54) is 0 Å². The molecular weight excluding hydrogens is 250 g/mol. The van der Waals surface area contributed by atoms with Crippen LogP contribution in [0, 0.1) is 0 Å². The van der Waals surface area contributed by atoms with Gasteiger partial charge in [-0.15, -0.1) is 0 Å². The van der Waals surface area contributed by atoms with Crippen molar-refractivity contribution in [1.82, 2.24) is 4.98 Å². The number of ether oxygens (including phenoxy) is 1. The number of benzene rings is 1. The Morgan fingerprint density at radius 1 is 1.10 bits per heavy atom. The summed E-state index contributed by atoms with van der Waals surface area (Å²) >= 11 is 0. The molecule has 0 aliphatic rings. The Balaban J connectivity index is 2.05. The lowest BCUT2D eigenvalue weighted by atomic mass is 10.1. The molecule has 106 valence electrons. The summed E-state index contributed by atoms with van der Waals surface area (Å²) in [5.74, 6) is 1.16. The van der Waals surface area contributed by atoms with Crippen molar-refractivity contribution in [2.24, 2.45) is 0 Å². The zero-order valence-electron chi connectivity index (χ0n) is 12.2. The molecular formula is C17H21NO2. The van der Waals surface area contributed by atoms with Crippen LogP contribution in [0.15, 0.2) is 42.5 Å². The normalized spacial score (nSPS) is 12.4. The van der Waals surface area contributed by atoms with Gasteiger partial charge in [0.2, 0.25) is 0 Å². The molecule has 2 rings (SSSR count). The van der Waals surface area contributed by atoms with Crippen molar-refractivity contribution < 1.29 is 9.84 Å². The molecule has 0 saturated heterocycles. The molecule has 0 fully saturated rings. The van der Waals surface area contributed by atoms with Gasteiger partial charge in [-0.25, -0.2) is 0 Å². The smallest absolute Gasteiger partial charge is 0.130 e.